The van der Waals surface area contributed by atoms with E-state index in [1.807, 2.05) is 48.5 Å². The van der Waals surface area contributed by atoms with Gasteiger partial charge in [0.15, 0.2) is 11.4 Å². The summed E-state index contributed by atoms with van der Waals surface area (Å²) in [6, 6.07) is 18.7. The van der Waals surface area contributed by atoms with Gasteiger partial charge in [0, 0.05) is 35.3 Å². The number of aliphatic hydroxyl groups excluding tert-OH is 1. The number of aromatic nitrogens is 4. The monoisotopic (exact) mass is 517 g/mol. The van der Waals surface area contributed by atoms with Crippen molar-refractivity contribution in [3.05, 3.63) is 102 Å². The Hall–Kier alpha value is -3.57. The average molecular weight is 518 g/mol. The molecule has 37 heavy (non-hydrogen) atoms. The van der Waals surface area contributed by atoms with E-state index in [0.29, 0.717) is 17.0 Å². The fourth-order valence-corrected chi connectivity index (χ4v) is 5.10. The number of H-pyrrole nitrogens is 1. The molecule has 3 N–H and O–H groups in total. The highest BCUT2D eigenvalue weighted by atomic mass is 32.2. The van der Waals surface area contributed by atoms with Gasteiger partial charge in [0.2, 0.25) is 0 Å². The van der Waals surface area contributed by atoms with E-state index in [0.717, 1.165) is 21.8 Å². The molecule has 0 unspecified atom stereocenters. The maximum Gasteiger partial charge on any atom is 0.257 e. The molecular formula is C27H27N5O4S. The Morgan fingerprint density at radius 3 is 2.54 bits per heavy atom. The van der Waals surface area contributed by atoms with Crippen molar-refractivity contribution in [1.29, 1.82) is 0 Å². The number of ether oxygens (including phenoxy) is 2. The zero-order chi connectivity index (χ0) is 25.6. The predicted molar refractivity (Wildman–Crippen MR) is 139 cm³/mol. The first-order valence-corrected chi connectivity index (χ1v) is 12.9. The van der Waals surface area contributed by atoms with Gasteiger partial charge in [0.25, 0.3) is 5.91 Å². The van der Waals surface area contributed by atoms with Gasteiger partial charge in [-0.1, -0.05) is 55.1 Å². The lowest BCUT2D eigenvalue weighted by Crippen LogP contribution is -2.38. The lowest BCUT2D eigenvalue weighted by Gasteiger charge is -2.41. The minimum Gasteiger partial charge on any atom is -0.392 e. The van der Waals surface area contributed by atoms with Crippen LogP contribution in [0.25, 0.3) is 0 Å². The third kappa shape index (κ3) is 6.05. The molecule has 1 aliphatic heterocycles. The van der Waals surface area contributed by atoms with Crippen molar-refractivity contribution in [3.63, 3.8) is 0 Å². The van der Waals surface area contributed by atoms with Gasteiger partial charge in [-0.3, -0.25) is 14.9 Å². The van der Waals surface area contributed by atoms with Crippen LogP contribution in [0.4, 0.5) is 5.69 Å². The van der Waals surface area contributed by atoms with E-state index >= 15 is 0 Å². The number of nitrogens with zero attached hydrogens (tertiary/aromatic N) is 3. The van der Waals surface area contributed by atoms with E-state index in [4.69, 9.17) is 9.47 Å². The van der Waals surface area contributed by atoms with Crippen LogP contribution in [0.2, 0.25) is 0 Å². The largest absolute Gasteiger partial charge is 0.392 e. The van der Waals surface area contributed by atoms with Crippen molar-refractivity contribution in [1.82, 2.24) is 20.2 Å². The molecule has 2 aromatic carbocycles. The Labute approximate surface area is 218 Å². The Morgan fingerprint density at radius 2 is 1.86 bits per heavy atom. The Balaban J connectivity index is 1.34. The standard InChI is InChI=1S/C27H27N5O4S/c1-17-23(15-37-27-29-16-30-32-27)35-26(36-24(17)19-6-4-18(14-33)5-7-19)20-8-10-22(11-9-20)31-25(34)21-3-2-12-28-13-21/h2-13,16-17,23-24,26,33H,14-15H2,1H3,(H,31,34)(H,29,30,32)/t17-,23+,24+,26+/m1/s1. The van der Waals surface area contributed by atoms with Crippen molar-refractivity contribution < 1.29 is 19.4 Å². The molecule has 9 nitrogen and oxygen atoms in total. The van der Waals surface area contributed by atoms with Crippen LogP contribution < -0.4 is 5.32 Å². The highest BCUT2D eigenvalue weighted by molar-refractivity contribution is 7.99. The number of anilines is 1. The fraction of sp³-hybridized carbons (Fsp3) is 0.259. The molecule has 1 aliphatic rings. The topological polar surface area (TPSA) is 122 Å². The summed E-state index contributed by atoms with van der Waals surface area (Å²) in [5, 5.41) is 19.8. The van der Waals surface area contributed by atoms with Crippen molar-refractivity contribution >= 4 is 23.4 Å². The molecule has 1 amide bonds. The van der Waals surface area contributed by atoms with Crippen LogP contribution in [-0.4, -0.2) is 43.0 Å². The molecule has 1 fully saturated rings. The molecule has 4 aromatic rings. The van der Waals surface area contributed by atoms with E-state index in [9.17, 15) is 9.90 Å². The van der Waals surface area contributed by atoms with Gasteiger partial charge < -0.3 is 19.9 Å². The third-order valence-electron chi connectivity index (χ3n) is 6.27. The lowest BCUT2D eigenvalue weighted by atomic mass is 9.91. The number of pyridine rings is 1. The Kier molecular flexibility index (Phi) is 7.90. The highest BCUT2D eigenvalue weighted by Gasteiger charge is 2.38. The van der Waals surface area contributed by atoms with Crippen molar-refractivity contribution in [2.45, 2.75) is 37.2 Å². The zero-order valence-corrected chi connectivity index (χ0v) is 21.0. The van der Waals surface area contributed by atoms with Crippen molar-refractivity contribution in [2.24, 2.45) is 5.92 Å². The van der Waals surface area contributed by atoms with E-state index in [1.54, 1.807) is 30.1 Å². The number of carbonyl (C=O) groups is 1. The summed E-state index contributed by atoms with van der Waals surface area (Å²) in [5.74, 6) is 0.501. The maximum atomic E-state index is 12.5. The van der Waals surface area contributed by atoms with E-state index < -0.39 is 6.29 Å². The number of benzene rings is 2. The van der Waals surface area contributed by atoms with Gasteiger partial charge in [-0.25, -0.2) is 4.98 Å². The quantitative estimate of drug-likeness (QED) is 0.292. The molecule has 10 heteroatoms. The second kappa shape index (κ2) is 11.7. The molecule has 0 bridgehead atoms. The lowest BCUT2D eigenvalue weighted by molar-refractivity contribution is -0.268. The molecule has 5 rings (SSSR count). The molecular weight excluding hydrogens is 490 g/mol. The average Bonchev–Trinajstić information content (AvgIpc) is 3.47. The van der Waals surface area contributed by atoms with E-state index in [-0.39, 0.29) is 30.6 Å². The smallest absolute Gasteiger partial charge is 0.257 e. The molecule has 0 spiro atoms. The summed E-state index contributed by atoms with van der Waals surface area (Å²) < 4.78 is 12.9. The third-order valence-corrected chi connectivity index (χ3v) is 7.23. The number of aliphatic hydroxyl groups is 1. The SMILES string of the molecule is C[C@@H]1[C@H](CSc2ncn[nH]2)O[C@H](c2ccc(NC(=O)c3cccnc3)cc2)O[C@@H]1c1ccc(CO)cc1. The van der Waals surface area contributed by atoms with Gasteiger partial charge in [-0.2, -0.15) is 5.10 Å². The van der Waals surface area contributed by atoms with Gasteiger partial charge >= 0.3 is 0 Å². The summed E-state index contributed by atoms with van der Waals surface area (Å²) in [7, 11) is 0. The highest BCUT2D eigenvalue weighted by Crippen LogP contribution is 2.42. The van der Waals surface area contributed by atoms with Crippen LogP contribution in [0.5, 0.6) is 0 Å². The number of amides is 1. The van der Waals surface area contributed by atoms with Crippen LogP contribution in [-0.2, 0) is 16.1 Å². The first kappa shape index (κ1) is 25.1. The number of carbonyl (C=O) groups excluding carboxylic acids is 1. The molecule has 2 aromatic heterocycles. The van der Waals surface area contributed by atoms with Gasteiger partial charge in [-0.05, 0) is 35.4 Å². The van der Waals surface area contributed by atoms with Gasteiger partial charge in [-0.15, -0.1) is 0 Å². The summed E-state index contributed by atoms with van der Waals surface area (Å²) in [4.78, 5) is 20.7. The second-order valence-corrected chi connectivity index (χ2v) is 9.75. The molecule has 190 valence electrons. The molecule has 0 saturated carbocycles. The summed E-state index contributed by atoms with van der Waals surface area (Å²) in [6.45, 7) is 2.11. The van der Waals surface area contributed by atoms with Crippen molar-refractivity contribution in [3.8, 4) is 0 Å². The summed E-state index contributed by atoms with van der Waals surface area (Å²) >= 11 is 1.55. The maximum absolute atomic E-state index is 12.5. The van der Waals surface area contributed by atoms with Crippen LogP contribution in [0, 0.1) is 5.92 Å². The number of nitrogens with one attached hydrogen (secondary N) is 2. The van der Waals surface area contributed by atoms with Crippen LogP contribution in [0.15, 0.2) is 84.5 Å². The second-order valence-electron chi connectivity index (χ2n) is 8.74. The van der Waals surface area contributed by atoms with Gasteiger partial charge in [0.05, 0.1) is 24.4 Å². The molecule has 3 heterocycles. The van der Waals surface area contributed by atoms with Crippen LogP contribution in [0.3, 0.4) is 0 Å². The van der Waals surface area contributed by atoms with Crippen molar-refractivity contribution in [2.75, 3.05) is 11.1 Å². The molecule has 0 radical (unpaired) electrons. The number of hydrogen-bond donors (Lipinski definition) is 3. The molecule has 4 atom stereocenters. The van der Waals surface area contributed by atoms with Gasteiger partial charge in [0.1, 0.15) is 6.33 Å². The number of thioether (sulfide) groups is 1. The number of aromatic amines is 1. The summed E-state index contributed by atoms with van der Waals surface area (Å²) in [5.41, 5.74) is 3.87. The zero-order valence-electron chi connectivity index (χ0n) is 20.2. The van der Waals surface area contributed by atoms with E-state index in [1.165, 1.54) is 12.5 Å². The van der Waals surface area contributed by atoms with E-state index in [2.05, 4.69) is 32.4 Å². The normalized spacial score (nSPS) is 21.5. The number of hydrogen-bond acceptors (Lipinski definition) is 8. The minimum atomic E-state index is -0.595. The molecule has 0 aliphatic carbocycles. The first-order chi connectivity index (χ1) is 18.1. The Bertz CT molecular complexity index is 1290. The minimum absolute atomic E-state index is 0.00673. The first-order valence-electron chi connectivity index (χ1n) is 11.9. The molecule has 1 saturated heterocycles. The number of rotatable bonds is 8. The fourth-order valence-electron chi connectivity index (χ4n) is 4.16. The van der Waals surface area contributed by atoms with Crippen LogP contribution >= 0.6 is 11.8 Å². The van der Waals surface area contributed by atoms with Crippen LogP contribution in [0.1, 0.15) is 46.4 Å². The predicted octanol–water partition coefficient (Wildman–Crippen LogP) is 4.53. The summed E-state index contributed by atoms with van der Waals surface area (Å²) in [6.07, 6.45) is 3.71. The Morgan fingerprint density at radius 1 is 1.08 bits per heavy atom.